The van der Waals surface area contributed by atoms with Crippen molar-refractivity contribution < 1.29 is 4.79 Å². The number of benzene rings is 1. The van der Waals surface area contributed by atoms with Gasteiger partial charge in [-0.15, -0.1) is 11.3 Å². The predicted octanol–water partition coefficient (Wildman–Crippen LogP) is 2.68. The average molecular weight is 367 g/mol. The normalized spacial score (nSPS) is 19.0. The second-order valence-corrected chi connectivity index (χ2v) is 8.14. The van der Waals surface area contributed by atoms with Crippen molar-refractivity contribution in [3.8, 4) is 0 Å². The molecule has 1 fully saturated rings. The number of thiophene rings is 1. The van der Waals surface area contributed by atoms with Crippen molar-refractivity contribution in [1.29, 1.82) is 0 Å². The van der Waals surface area contributed by atoms with Gasteiger partial charge in [-0.3, -0.25) is 9.69 Å². The Morgan fingerprint density at radius 1 is 1.12 bits per heavy atom. The zero-order valence-electron chi connectivity index (χ0n) is 14.5. The lowest BCUT2D eigenvalue weighted by Gasteiger charge is -2.40. The number of piperidine rings is 1. The number of hydrogen-bond donors (Lipinski definition) is 1. The fraction of sp³-hybridized carbons (Fsp3) is 0.421. The maximum absolute atomic E-state index is 12.8. The summed E-state index contributed by atoms with van der Waals surface area (Å²) in [5.41, 5.74) is 3.73. The third kappa shape index (κ3) is 2.81. The van der Waals surface area contributed by atoms with E-state index in [1.807, 2.05) is 34.4 Å². The molecule has 0 unspecified atom stereocenters. The number of aromatic amines is 1. The molecule has 0 atom stereocenters. The number of rotatable bonds is 2. The van der Waals surface area contributed by atoms with Crippen molar-refractivity contribution in [2.75, 3.05) is 19.6 Å². The molecule has 1 aromatic carbocycles. The van der Waals surface area contributed by atoms with Crippen LogP contribution in [0, 0.1) is 0 Å². The summed E-state index contributed by atoms with van der Waals surface area (Å²) in [6, 6.07) is 8.39. The van der Waals surface area contributed by atoms with Crippen LogP contribution in [0.4, 0.5) is 0 Å². The van der Waals surface area contributed by atoms with Gasteiger partial charge in [0.15, 0.2) is 0 Å². The highest BCUT2D eigenvalue weighted by molar-refractivity contribution is 7.10. The molecule has 2 aliphatic rings. The van der Waals surface area contributed by atoms with Crippen LogP contribution in [0.25, 0.3) is 11.0 Å². The number of nitrogens with one attached hydrogen (secondary N) is 1. The number of nitrogens with zero attached hydrogens (tertiary/aromatic N) is 4. The zero-order valence-corrected chi connectivity index (χ0v) is 15.3. The molecule has 1 N–H and O–H groups in total. The average Bonchev–Trinajstić information content (AvgIpc) is 3.35. The topological polar surface area (TPSA) is 65.1 Å². The number of H-pyrrole nitrogens is 1. The Morgan fingerprint density at radius 2 is 1.96 bits per heavy atom. The smallest absolute Gasteiger partial charge is 0.253 e. The number of fused-ring (bicyclic) bond motifs is 2. The number of amides is 1. The van der Waals surface area contributed by atoms with Gasteiger partial charge in [-0.05, 0) is 54.5 Å². The Balaban J connectivity index is 1.23. The molecule has 6 nitrogen and oxygen atoms in total. The Bertz CT molecular complexity index is 940. The minimum Gasteiger partial charge on any atom is -0.339 e. The highest BCUT2D eigenvalue weighted by Gasteiger charge is 2.29. The SMILES string of the molecule is O=C(c1ccc2n[nH]nc2c1)N1CCC(N2CCc3sccc3C2)CC1. The Labute approximate surface area is 155 Å². The quantitative estimate of drug-likeness (QED) is 0.756. The van der Waals surface area contributed by atoms with Crippen LogP contribution in [0.5, 0.6) is 0 Å². The van der Waals surface area contributed by atoms with Crippen LogP contribution >= 0.6 is 11.3 Å². The predicted molar refractivity (Wildman–Crippen MR) is 101 cm³/mol. The highest BCUT2D eigenvalue weighted by atomic mass is 32.1. The largest absolute Gasteiger partial charge is 0.339 e. The third-order valence-corrected chi connectivity index (χ3v) is 6.69. The summed E-state index contributed by atoms with van der Waals surface area (Å²) in [6.07, 6.45) is 3.28. The van der Waals surface area contributed by atoms with E-state index in [2.05, 4.69) is 31.8 Å². The maximum atomic E-state index is 12.8. The van der Waals surface area contributed by atoms with Crippen LogP contribution in [-0.2, 0) is 13.0 Å². The Hall–Kier alpha value is -2.25. The van der Waals surface area contributed by atoms with Gasteiger partial charge in [0.05, 0.1) is 0 Å². The number of carbonyl (C=O) groups is 1. The van der Waals surface area contributed by atoms with Crippen LogP contribution in [-0.4, -0.2) is 56.8 Å². The van der Waals surface area contributed by atoms with Crippen molar-refractivity contribution in [2.24, 2.45) is 0 Å². The molecule has 26 heavy (non-hydrogen) atoms. The zero-order chi connectivity index (χ0) is 17.5. The summed E-state index contributed by atoms with van der Waals surface area (Å²) in [5, 5.41) is 12.9. The highest BCUT2D eigenvalue weighted by Crippen LogP contribution is 2.28. The van der Waals surface area contributed by atoms with E-state index in [-0.39, 0.29) is 5.91 Å². The van der Waals surface area contributed by atoms with Gasteiger partial charge in [-0.1, -0.05) is 0 Å². The van der Waals surface area contributed by atoms with E-state index >= 15 is 0 Å². The molecule has 1 saturated heterocycles. The lowest BCUT2D eigenvalue weighted by Crippen LogP contribution is -2.47. The summed E-state index contributed by atoms with van der Waals surface area (Å²) >= 11 is 1.89. The molecule has 0 spiro atoms. The van der Waals surface area contributed by atoms with Crippen molar-refractivity contribution >= 4 is 28.3 Å². The van der Waals surface area contributed by atoms with E-state index < -0.39 is 0 Å². The van der Waals surface area contributed by atoms with Gasteiger partial charge in [0.25, 0.3) is 5.91 Å². The van der Waals surface area contributed by atoms with Crippen LogP contribution in [0.15, 0.2) is 29.6 Å². The van der Waals surface area contributed by atoms with Crippen LogP contribution in [0.2, 0.25) is 0 Å². The van der Waals surface area contributed by atoms with Crippen molar-refractivity contribution in [1.82, 2.24) is 25.2 Å². The number of likely N-dealkylation sites (tertiary alicyclic amines) is 1. The first-order chi connectivity index (χ1) is 12.8. The van der Waals surface area contributed by atoms with E-state index in [4.69, 9.17) is 0 Å². The monoisotopic (exact) mass is 367 g/mol. The molecule has 0 aliphatic carbocycles. The molecule has 7 heteroatoms. The van der Waals surface area contributed by atoms with Crippen LogP contribution < -0.4 is 0 Å². The molecule has 2 aliphatic heterocycles. The minimum atomic E-state index is 0.104. The molecule has 5 rings (SSSR count). The molecule has 134 valence electrons. The number of carbonyl (C=O) groups excluding carboxylic acids is 1. The first-order valence-electron chi connectivity index (χ1n) is 9.17. The summed E-state index contributed by atoms with van der Waals surface area (Å²) < 4.78 is 0. The van der Waals surface area contributed by atoms with Gasteiger partial charge in [0.1, 0.15) is 11.0 Å². The first kappa shape index (κ1) is 16.0. The van der Waals surface area contributed by atoms with Crippen LogP contribution in [0.3, 0.4) is 0 Å². The Morgan fingerprint density at radius 3 is 2.85 bits per heavy atom. The lowest BCUT2D eigenvalue weighted by molar-refractivity contribution is 0.0600. The molecular formula is C19H21N5OS. The first-order valence-corrected chi connectivity index (χ1v) is 10.0. The van der Waals surface area contributed by atoms with Crippen molar-refractivity contribution in [3.05, 3.63) is 45.6 Å². The van der Waals surface area contributed by atoms with E-state index in [1.165, 1.54) is 12.0 Å². The summed E-state index contributed by atoms with van der Waals surface area (Å²) in [7, 11) is 0. The number of aromatic nitrogens is 3. The molecule has 0 bridgehead atoms. The van der Waals surface area contributed by atoms with Gasteiger partial charge in [0.2, 0.25) is 0 Å². The van der Waals surface area contributed by atoms with E-state index in [1.54, 1.807) is 4.88 Å². The maximum Gasteiger partial charge on any atom is 0.253 e. The fourth-order valence-corrected chi connectivity index (χ4v) is 5.06. The second kappa shape index (κ2) is 6.48. The molecule has 2 aromatic heterocycles. The lowest BCUT2D eigenvalue weighted by atomic mass is 9.99. The fourth-order valence-electron chi connectivity index (χ4n) is 4.17. The Kier molecular flexibility index (Phi) is 3.98. The summed E-state index contributed by atoms with van der Waals surface area (Å²) in [4.78, 5) is 19.0. The summed E-state index contributed by atoms with van der Waals surface area (Å²) in [5.74, 6) is 0.104. The molecule has 1 amide bonds. The standard InChI is InChI=1S/C19H21N5OS/c25-19(13-1-2-16-17(11-13)21-22-20-16)23-7-3-15(4-8-23)24-9-5-18-14(12-24)6-10-26-18/h1-2,6,10-11,15H,3-5,7-9,12H2,(H,20,21,22). The molecule has 4 heterocycles. The van der Waals surface area contributed by atoms with E-state index in [0.29, 0.717) is 11.6 Å². The van der Waals surface area contributed by atoms with Gasteiger partial charge < -0.3 is 4.90 Å². The second-order valence-electron chi connectivity index (χ2n) is 7.14. The van der Waals surface area contributed by atoms with Gasteiger partial charge >= 0.3 is 0 Å². The van der Waals surface area contributed by atoms with Crippen molar-refractivity contribution in [2.45, 2.75) is 31.8 Å². The van der Waals surface area contributed by atoms with E-state index in [9.17, 15) is 4.79 Å². The summed E-state index contributed by atoms with van der Waals surface area (Å²) in [6.45, 7) is 3.87. The molecular weight excluding hydrogens is 346 g/mol. The van der Waals surface area contributed by atoms with Gasteiger partial charge in [-0.25, -0.2) is 0 Å². The molecule has 3 aromatic rings. The molecule has 0 radical (unpaired) electrons. The van der Waals surface area contributed by atoms with Gasteiger partial charge in [0, 0.05) is 42.7 Å². The van der Waals surface area contributed by atoms with E-state index in [0.717, 1.165) is 50.1 Å². The number of hydrogen-bond acceptors (Lipinski definition) is 5. The molecule has 0 saturated carbocycles. The minimum absolute atomic E-state index is 0.104. The third-order valence-electron chi connectivity index (χ3n) is 5.67. The van der Waals surface area contributed by atoms with Crippen molar-refractivity contribution in [3.63, 3.8) is 0 Å². The van der Waals surface area contributed by atoms with Crippen LogP contribution in [0.1, 0.15) is 33.6 Å². The van der Waals surface area contributed by atoms with Gasteiger partial charge in [-0.2, -0.15) is 15.4 Å².